The van der Waals surface area contributed by atoms with Gasteiger partial charge in [0.15, 0.2) is 0 Å². The molecule has 0 unspecified atom stereocenters. The molecular weight excluding hydrogens is 218 g/mol. The zero-order valence-corrected chi connectivity index (χ0v) is 9.90. The number of hydrogen-bond donors (Lipinski definition) is 2. The van der Waals surface area contributed by atoms with Crippen LogP contribution in [-0.4, -0.2) is 31.1 Å². The Hall–Kier alpha value is -1.91. The average molecular weight is 235 g/mol. The number of benzene rings is 1. The van der Waals surface area contributed by atoms with Gasteiger partial charge >= 0.3 is 6.03 Å². The minimum Gasteiger partial charge on any atom is -0.494 e. The largest absolute Gasteiger partial charge is 0.494 e. The lowest BCUT2D eigenvalue weighted by atomic mass is 10.2. The molecule has 0 spiro atoms. The molecule has 2 amide bonds. The van der Waals surface area contributed by atoms with E-state index in [0.29, 0.717) is 17.1 Å². The Labute approximate surface area is 101 Å². The van der Waals surface area contributed by atoms with Crippen LogP contribution in [0.4, 0.5) is 16.2 Å². The summed E-state index contributed by atoms with van der Waals surface area (Å²) >= 11 is 0. The second-order valence-electron chi connectivity index (χ2n) is 4.08. The van der Waals surface area contributed by atoms with Gasteiger partial charge in [0, 0.05) is 24.8 Å². The van der Waals surface area contributed by atoms with Gasteiger partial charge < -0.3 is 20.7 Å². The van der Waals surface area contributed by atoms with Crippen LogP contribution >= 0.6 is 0 Å². The maximum atomic E-state index is 11.9. The van der Waals surface area contributed by atoms with E-state index >= 15 is 0 Å². The van der Waals surface area contributed by atoms with Gasteiger partial charge in [0.25, 0.3) is 0 Å². The normalized spacial score (nSPS) is 14.8. The zero-order chi connectivity index (χ0) is 12.3. The summed E-state index contributed by atoms with van der Waals surface area (Å²) in [6.45, 7) is 1.65. The summed E-state index contributed by atoms with van der Waals surface area (Å²) in [6.07, 6.45) is 2.15. The monoisotopic (exact) mass is 235 g/mol. The Kier molecular flexibility index (Phi) is 3.37. The summed E-state index contributed by atoms with van der Waals surface area (Å²) in [5.74, 6) is 0.581. The second-order valence-corrected chi connectivity index (χ2v) is 4.08. The van der Waals surface area contributed by atoms with Crippen molar-refractivity contribution in [1.82, 2.24) is 4.90 Å². The molecule has 0 atom stereocenters. The molecule has 1 aromatic rings. The Morgan fingerprint density at radius 2 is 2.12 bits per heavy atom. The molecule has 0 bridgehead atoms. The number of nitrogens with two attached hydrogens (primary N) is 1. The maximum absolute atomic E-state index is 11.9. The number of nitrogens with one attached hydrogen (secondary N) is 1. The first-order valence-corrected chi connectivity index (χ1v) is 5.70. The van der Waals surface area contributed by atoms with Crippen molar-refractivity contribution in [1.29, 1.82) is 0 Å². The molecule has 0 aliphatic carbocycles. The molecule has 1 fully saturated rings. The average Bonchev–Trinajstić information content (AvgIpc) is 2.85. The molecule has 1 saturated heterocycles. The third-order valence-corrected chi connectivity index (χ3v) is 2.86. The van der Waals surface area contributed by atoms with Crippen LogP contribution < -0.4 is 15.8 Å². The molecule has 1 heterocycles. The van der Waals surface area contributed by atoms with Crippen LogP contribution in [0.25, 0.3) is 0 Å². The van der Waals surface area contributed by atoms with Crippen LogP contribution in [0, 0.1) is 0 Å². The number of urea groups is 1. The third-order valence-electron chi connectivity index (χ3n) is 2.86. The molecule has 5 heteroatoms. The van der Waals surface area contributed by atoms with E-state index in [1.165, 1.54) is 0 Å². The van der Waals surface area contributed by atoms with Crippen molar-refractivity contribution in [2.75, 3.05) is 31.2 Å². The molecule has 5 nitrogen and oxygen atoms in total. The van der Waals surface area contributed by atoms with Crippen LogP contribution in [0.5, 0.6) is 5.75 Å². The van der Waals surface area contributed by atoms with Gasteiger partial charge in [0.1, 0.15) is 5.75 Å². The molecular formula is C12H17N3O2. The molecule has 0 aromatic heterocycles. The number of carbonyl (C=O) groups is 1. The van der Waals surface area contributed by atoms with E-state index in [1.54, 1.807) is 30.2 Å². The number of anilines is 2. The SMILES string of the molecule is COc1cc(N)ccc1NC(=O)N1CCCC1. The first-order chi connectivity index (χ1) is 8.20. The zero-order valence-electron chi connectivity index (χ0n) is 9.90. The van der Waals surface area contributed by atoms with Crippen molar-refractivity contribution in [2.45, 2.75) is 12.8 Å². The molecule has 3 N–H and O–H groups in total. The Morgan fingerprint density at radius 1 is 1.41 bits per heavy atom. The predicted octanol–water partition coefficient (Wildman–Crippen LogP) is 1.91. The van der Waals surface area contributed by atoms with Crippen LogP contribution in [0.3, 0.4) is 0 Å². The molecule has 17 heavy (non-hydrogen) atoms. The quantitative estimate of drug-likeness (QED) is 0.769. The van der Waals surface area contributed by atoms with Crippen LogP contribution in [0.15, 0.2) is 18.2 Å². The first-order valence-electron chi connectivity index (χ1n) is 5.70. The van der Waals surface area contributed by atoms with Gasteiger partial charge in [-0.1, -0.05) is 0 Å². The highest BCUT2D eigenvalue weighted by atomic mass is 16.5. The van der Waals surface area contributed by atoms with E-state index < -0.39 is 0 Å². The first kappa shape index (κ1) is 11.6. The fourth-order valence-corrected chi connectivity index (χ4v) is 1.93. The highest BCUT2D eigenvalue weighted by molar-refractivity contribution is 5.91. The van der Waals surface area contributed by atoms with Crippen LogP contribution in [0.2, 0.25) is 0 Å². The van der Waals surface area contributed by atoms with Gasteiger partial charge in [-0.2, -0.15) is 0 Å². The van der Waals surface area contributed by atoms with Gasteiger partial charge in [-0.05, 0) is 25.0 Å². The van der Waals surface area contributed by atoms with Crippen LogP contribution in [-0.2, 0) is 0 Å². The van der Waals surface area contributed by atoms with Crippen molar-refractivity contribution in [3.8, 4) is 5.75 Å². The summed E-state index contributed by atoms with van der Waals surface area (Å²) in [6, 6.07) is 5.11. The lowest BCUT2D eigenvalue weighted by molar-refractivity contribution is 0.222. The van der Waals surface area contributed by atoms with E-state index in [4.69, 9.17) is 10.5 Å². The minimum atomic E-state index is -0.0782. The fourth-order valence-electron chi connectivity index (χ4n) is 1.93. The number of hydrogen-bond acceptors (Lipinski definition) is 3. The topological polar surface area (TPSA) is 67.6 Å². The number of ether oxygens (including phenoxy) is 1. The van der Waals surface area contributed by atoms with Gasteiger partial charge in [0.05, 0.1) is 12.8 Å². The van der Waals surface area contributed by atoms with Gasteiger partial charge in [0.2, 0.25) is 0 Å². The number of rotatable bonds is 2. The highest BCUT2D eigenvalue weighted by Crippen LogP contribution is 2.27. The number of carbonyl (C=O) groups excluding carboxylic acids is 1. The van der Waals surface area contributed by atoms with Crippen molar-refractivity contribution < 1.29 is 9.53 Å². The number of methoxy groups -OCH3 is 1. The Bertz CT molecular complexity index is 414. The lowest BCUT2D eigenvalue weighted by Crippen LogP contribution is -2.32. The minimum absolute atomic E-state index is 0.0782. The summed E-state index contributed by atoms with van der Waals surface area (Å²) in [5, 5.41) is 2.84. The third kappa shape index (κ3) is 2.61. The van der Waals surface area contributed by atoms with E-state index in [1.807, 2.05) is 0 Å². The number of nitrogen functional groups attached to an aromatic ring is 1. The lowest BCUT2D eigenvalue weighted by Gasteiger charge is -2.17. The molecule has 1 aliphatic rings. The van der Waals surface area contributed by atoms with Crippen molar-refractivity contribution in [3.05, 3.63) is 18.2 Å². The molecule has 1 aliphatic heterocycles. The number of likely N-dealkylation sites (tertiary alicyclic amines) is 1. The summed E-state index contributed by atoms with van der Waals surface area (Å²) < 4.78 is 5.18. The number of nitrogens with zero attached hydrogens (tertiary/aromatic N) is 1. The van der Waals surface area contributed by atoms with E-state index in [2.05, 4.69) is 5.32 Å². The summed E-state index contributed by atoms with van der Waals surface area (Å²) in [5.41, 5.74) is 6.92. The van der Waals surface area contributed by atoms with Gasteiger partial charge in [-0.15, -0.1) is 0 Å². The molecule has 0 saturated carbocycles. The fraction of sp³-hybridized carbons (Fsp3) is 0.417. The molecule has 92 valence electrons. The summed E-state index contributed by atoms with van der Waals surface area (Å²) in [7, 11) is 1.56. The molecule has 2 rings (SSSR count). The van der Waals surface area contributed by atoms with Crippen molar-refractivity contribution in [2.24, 2.45) is 0 Å². The van der Waals surface area contributed by atoms with Gasteiger partial charge in [-0.25, -0.2) is 4.79 Å². The molecule has 1 aromatic carbocycles. The van der Waals surface area contributed by atoms with E-state index in [-0.39, 0.29) is 6.03 Å². The Morgan fingerprint density at radius 3 is 2.76 bits per heavy atom. The standard InChI is InChI=1S/C12H17N3O2/c1-17-11-8-9(13)4-5-10(11)14-12(16)15-6-2-3-7-15/h4-5,8H,2-3,6-7,13H2,1H3,(H,14,16). The predicted molar refractivity (Wildman–Crippen MR) is 67.2 cm³/mol. The van der Waals surface area contributed by atoms with E-state index in [0.717, 1.165) is 25.9 Å². The maximum Gasteiger partial charge on any atom is 0.321 e. The van der Waals surface area contributed by atoms with Gasteiger partial charge in [-0.3, -0.25) is 0 Å². The van der Waals surface area contributed by atoms with Crippen molar-refractivity contribution >= 4 is 17.4 Å². The Balaban J connectivity index is 2.09. The number of amides is 2. The molecule has 0 radical (unpaired) electrons. The second kappa shape index (κ2) is 4.95. The van der Waals surface area contributed by atoms with Crippen molar-refractivity contribution in [3.63, 3.8) is 0 Å². The smallest absolute Gasteiger partial charge is 0.321 e. The summed E-state index contributed by atoms with van der Waals surface area (Å²) in [4.78, 5) is 13.7. The van der Waals surface area contributed by atoms with Crippen LogP contribution in [0.1, 0.15) is 12.8 Å². The highest BCUT2D eigenvalue weighted by Gasteiger charge is 2.18. The van der Waals surface area contributed by atoms with E-state index in [9.17, 15) is 4.79 Å².